The van der Waals surface area contributed by atoms with Crippen LogP contribution in [0.4, 0.5) is 0 Å². The Labute approximate surface area is 473 Å². The molecule has 1 unspecified atom stereocenters. The van der Waals surface area contributed by atoms with Gasteiger partial charge in [-0.2, -0.15) is 0 Å². The molecule has 0 amide bonds. The first kappa shape index (κ1) is 73.4. The van der Waals surface area contributed by atoms with E-state index in [0.29, 0.717) is 19.3 Å². The van der Waals surface area contributed by atoms with E-state index in [9.17, 15) is 14.4 Å². The van der Waals surface area contributed by atoms with Gasteiger partial charge in [0.1, 0.15) is 13.2 Å². The summed E-state index contributed by atoms with van der Waals surface area (Å²) in [6.07, 6.45) is 81.2. The van der Waals surface area contributed by atoms with Crippen molar-refractivity contribution in [2.75, 3.05) is 13.2 Å². The van der Waals surface area contributed by atoms with Crippen LogP contribution >= 0.6 is 0 Å². The molecule has 0 radical (unpaired) electrons. The minimum absolute atomic E-state index is 0.0752. The number of hydrogen-bond donors (Lipinski definition) is 0. The van der Waals surface area contributed by atoms with Crippen LogP contribution < -0.4 is 0 Å². The summed E-state index contributed by atoms with van der Waals surface area (Å²) in [7, 11) is 0. The van der Waals surface area contributed by atoms with Gasteiger partial charge in [-0.15, -0.1) is 0 Å². The van der Waals surface area contributed by atoms with Gasteiger partial charge in [-0.25, -0.2) is 0 Å². The van der Waals surface area contributed by atoms with E-state index in [4.69, 9.17) is 14.2 Å². The van der Waals surface area contributed by atoms with Gasteiger partial charge in [0, 0.05) is 19.3 Å². The summed E-state index contributed by atoms with van der Waals surface area (Å²) in [5.41, 5.74) is 0. The van der Waals surface area contributed by atoms with Gasteiger partial charge < -0.3 is 14.2 Å². The summed E-state index contributed by atoms with van der Waals surface area (Å²) in [4.78, 5) is 38.4. The predicted octanol–water partition coefficient (Wildman–Crippen LogP) is 22.9. The second-order valence-electron chi connectivity index (χ2n) is 22.7. The zero-order chi connectivity index (χ0) is 55.0. The van der Waals surface area contributed by atoms with E-state index in [0.717, 1.165) is 70.6 Å². The van der Waals surface area contributed by atoms with E-state index in [1.807, 2.05) is 0 Å². The molecule has 0 heterocycles. The standard InChI is InChI=1S/C70H128O6/c1-4-7-10-13-16-19-22-25-28-31-33-34-35-36-37-40-42-45-48-51-54-57-60-63-69(72)75-66-67(65-74-68(71)62-59-56-53-50-47-44-41-38-30-27-24-21-18-15-12-9-6-3)76-70(73)64-61-58-55-52-49-46-43-39-32-29-26-23-20-17-14-11-8-5-2/h18,21,27,29-33,67H,4-17,19-20,22-26,28,34-66H2,1-3H3/b21-18-,30-27-,32-29-,33-31-. The summed E-state index contributed by atoms with van der Waals surface area (Å²) in [6.45, 7) is 6.66. The highest BCUT2D eigenvalue weighted by Crippen LogP contribution is 2.17. The van der Waals surface area contributed by atoms with Crippen molar-refractivity contribution in [3.8, 4) is 0 Å². The average molecular weight is 1070 g/mol. The summed E-state index contributed by atoms with van der Waals surface area (Å²) in [5, 5.41) is 0. The van der Waals surface area contributed by atoms with E-state index >= 15 is 0 Å². The van der Waals surface area contributed by atoms with Gasteiger partial charge >= 0.3 is 17.9 Å². The maximum absolute atomic E-state index is 12.9. The van der Waals surface area contributed by atoms with Crippen molar-refractivity contribution in [2.24, 2.45) is 0 Å². The van der Waals surface area contributed by atoms with Crippen LogP contribution in [0, 0.1) is 0 Å². The highest BCUT2D eigenvalue weighted by Gasteiger charge is 2.19. The van der Waals surface area contributed by atoms with E-state index in [1.165, 1.54) is 250 Å². The zero-order valence-corrected chi connectivity index (χ0v) is 51.0. The Kier molecular flexibility index (Phi) is 62.6. The minimum Gasteiger partial charge on any atom is -0.462 e. The lowest BCUT2D eigenvalue weighted by molar-refractivity contribution is -0.167. The lowest BCUT2D eigenvalue weighted by Crippen LogP contribution is -2.30. The number of rotatable bonds is 62. The minimum atomic E-state index is -0.780. The van der Waals surface area contributed by atoms with Crippen molar-refractivity contribution in [1.82, 2.24) is 0 Å². The molecule has 0 rings (SSSR count). The molecule has 0 saturated heterocycles. The first-order valence-electron chi connectivity index (χ1n) is 33.6. The van der Waals surface area contributed by atoms with Crippen molar-refractivity contribution in [3.05, 3.63) is 48.6 Å². The molecule has 444 valence electrons. The van der Waals surface area contributed by atoms with Crippen LogP contribution in [-0.2, 0) is 28.6 Å². The van der Waals surface area contributed by atoms with Crippen molar-refractivity contribution in [2.45, 2.75) is 367 Å². The normalized spacial score (nSPS) is 12.3. The molecule has 0 aliphatic rings. The van der Waals surface area contributed by atoms with Crippen LogP contribution in [0.3, 0.4) is 0 Å². The molecule has 76 heavy (non-hydrogen) atoms. The molecular formula is C70H128O6. The highest BCUT2D eigenvalue weighted by molar-refractivity contribution is 5.71. The number of allylic oxidation sites excluding steroid dienone is 8. The molecule has 0 aromatic rings. The Morgan fingerprint density at radius 2 is 0.474 bits per heavy atom. The van der Waals surface area contributed by atoms with Gasteiger partial charge in [0.2, 0.25) is 0 Å². The van der Waals surface area contributed by atoms with Gasteiger partial charge in [0.15, 0.2) is 6.10 Å². The maximum atomic E-state index is 12.9. The van der Waals surface area contributed by atoms with Crippen LogP contribution in [0.5, 0.6) is 0 Å². The van der Waals surface area contributed by atoms with E-state index < -0.39 is 6.10 Å². The summed E-state index contributed by atoms with van der Waals surface area (Å²) >= 11 is 0. The van der Waals surface area contributed by atoms with Crippen LogP contribution in [0.15, 0.2) is 48.6 Å². The van der Waals surface area contributed by atoms with E-state index in [2.05, 4.69) is 69.4 Å². The second-order valence-corrected chi connectivity index (χ2v) is 22.7. The summed E-state index contributed by atoms with van der Waals surface area (Å²) < 4.78 is 17.0. The van der Waals surface area contributed by atoms with Crippen LogP contribution in [0.2, 0.25) is 0 Å². The van der Waals surface area contributed by atoms with Gasteiger partial charge in [-0.1, -0.05) is 288 Å². The Hall–Kier alpha value is -2.63. The fourth-order valence-corrected chi connectivity index (χ4v) is 9.94. The third-order valence-electron chi connectivity index (χ3n) is 15.0. The number of carbonyl (C=O) groups is 3. The quantitative estimate of drug-likeness (QED) is 0.0261. The summed E-state index contributed by atoms with van der Waals surface area (Å²) in [5.74, 6) is -0.866. The fourth-order valence-electron chi connectivity index (χ4n) is 9.94. The monoisotopic (exact) mass is 1060 g/mol. The molecule has 6 nitrogen and oxygen atoms in total. The SMILES string of the molecule is CCCCC/C=C\C/C=C\CCCCCCCCCC(=O)OCC(COC(=O)CCCCCCCCCCCCC/C=C\CCCCCCCCCC)OC(=O)CCCCCCCCC/C=C\CCCCCCCCC. The Morgan fingerprint density at radius 3 is 0.763 bits per heavy atom. The maximum Gasteiger partial charge on any atom is 0.306 e. The van der Waals surface area contributed by atoms with Gasteiger partial charge in [-0.3, -0.25) is 14.4 Å². The van der Waals surface area contributed by atoms with Crippen LogP contribution in [-0.4, -0.2) is 37.2 Å². The topological polar surface area (TPSA) is 78.9 Å². The van der Waals surface area contributed by atoms with Gasteiger partial charge in [0.25, 0.3) is 0 Å². The van der Waals surface area contributed by atoms with Crippen molar-refractivity contribution >= 4 is 17.9 Å². The lowest BCUT2D eigenvalue weighted by atomic mass is 10.0. The smallest absolute Gasteiger partial charge is 0.306 e. The van der Waals surface area contributed by atoms with Crippen LogP contribution in [0.1, 0.15) is 361 Å². The predicted molar refractivity (Wildman–Crippen MR) is 330 cm³/mol. The van der Waals surface area contributed by atoms with Crippen molar-refractivity contribution < 1.29 is 28.6 Å². The molecule has 0 aliphatic carbocycles. The number of hydrogen-bond acceptors (Lipinski definition) is 6. The molecule has 0 spiro atoms. The molecule has 6 heteroatoms. The van der Waals surface area contributed by atoms with Crippen molar-refractivity contribution in [1.29, 1.82) is 0 Å². The van der Waals surface area contributed by atoms with Gasteiger partial charge in [0.05, 0.1) is 0 Å². The second kappa shape index (κ2) is 64.9. The number of carbonyl (C=O) groups excluding carboxylic acids is 3. The largest absolute Gasteiger partial charge is 0.462 e. The number of ether oxygens (including phenoxy) is 3. The molecule has 0 aromatic carbocycles. The number of unbranched alkanes of at least 4 members (excludes halogenated alkanes) is 43. The van der Waals surface area contributed by atoms with E-state index in [1.54, 1.807) is 0 Å². The van der Waals surface area contributed by atoms with Gasteiger partial charge in [-0.05, 0) is 103 Å². The fraction of sp³-hybridized carbons (Fsp3) is 0.843. The van der Waals surface area contributed by atoms with Crippen LogP contribution in [0.25, 0.3) is 0 Å². The number of esters is 3. The third kappa shape index (κ3) is 62.2. The molecule has 0 N–H and O–H groups in total. The third-order valence-corrected chi connectivity index (χ3v) is 15.0. The summed E-state index contributed by atoms with van der Waals surface area (Å²) in [6, 6.07) is 0. The Bertz CT molecular complexity index is 1310. The molecule has 0 aliphatic heterocycles. The highest BCUT2D eigenvalue weighted by atomic mass is 16.6. The zero-order valence-electron chi connectivity index (χ0n) is 51.0. The first-order chi connectivity index (χ1) is 37.5. The Balaban J connectivity index is 4.33. The molecule has 0 aromatic heterocycles. The Morgan fingerprint density at radius 1 is 0.263 bits per heavy atom. The lowest BCUT2D eigenvalue weighted by Gasteiger charge is -2.18. The molecular weight excluding hydrogens is 937 g/mol. The molecule has 0 saturated carbocycles. The molecule has 0 fully saturated rings. The van der Waals surface area contributed by atoms with Crippen molar-refractivity contribution in [3.63, 3.8) is 0 Å². The average Bonchev–Trinajstić information content (AvgIpc) is 3.42. The molecule has 0 bridgehead atoms. The molecule has 1 atom stereocenters. The van der Waals surface area contributed by atoms with E-state index in [-0.39, 0.29) is 31.1 Å². The first-order valence-corrected chi connectivity index (χ1v) is 33.6.